The Balaban J connectivity index is 1.27. The summed E-state index contributed by atoms with van der Waals surface area (Å²) in [6, 6.07) is 37.2. The third kappa shape index (κ3) is 9.12. The Kier molecular flexibility index (Phi) is 12.5. The van der Waals surface area contributed by atoms with Crippen LogP contribution in [-0.2, 0) is 50.1 Å². The van der Waals surface area contributed by atoms with Gasteiger partial charge in [-0.05, 0) is 59.4 Å². The van der Waals surface area contributed by atoms with E-state index in [1.165, 1.54) is 6.20 Å². The van der Waals surface area contributed by atoms with Gasteiger partial charge in [-0.1, -0.05) is 120 Å². The highest BCUT2D eigenvalue weighted by Gasteiger charge is 2.61. The van der Waals surface area contributed by atoms with Crippen LogP contribution in [0.5, 0.6) is 0 Å². The lowest BCUT2D eigenvalue weighted by atomic mass is 9.81. The van der Waals surface area contributed by atoms with Crippen molar-refractivity contribution in [2.75, 3.05) is 6.61 Å². The van der Waals surface area contributed by atoms with Gasteiger partial charge in [0.25, 0.3) is 0 Å². The number of benzene rings is 5. The van der Waals surface area contributed by atoms with Crippen LogP contribution in [0.3, 0.4) is 0 Å². The lowest BCUT2D eigenvalue weighted by Gasteiger charge is -2.58. The molecule has 1 spiro atoms. The summed E-state index contributed by atoms with van der Waals surface area (Å²) in [6.45, 7) is 0.773. The minimum Gasteiger partial charge on any atom is -0.374 e. The highest BCUT2D eigenvalue weighted by Crippen LogP contribution is 2.48. The fraction of sp³-hybridized carbons (Fsp3) is 0.283. The van der Waals surface area contributed by atoms with Crippen molar-refractivity contribution in [3.8, 4) is 11.3 Å². The maximum atomic E-state index is 14.6. The van der Waals surface area contributed by atoms with Crippen molar-refractivity contribution in [3.63, 3.8) is 0 Å². The summed E-state index contributed by atoms with van der Waals surface area (Å²) in [4.78, 5) is 16.1. The van der Waals surface area contributed by atoms with Gasteiger partial charge in [-0.25, -0.2) is 17.9 Å². The molecular formula is C46H42ClF3N4O5. The third-order valence-corrected chi connectivity index (χ3v) is 11.0. The highest BCUT2D eigenvalue weighted by molar-refractivity contribution is 6.30. The Morgan fingerprint density at radius 2 is 1.37 bits per heavy atom. The van der Waals surface area contributed by atoms with E-state index in [2.05, 4.69) is 10.3 Å². The Morgan fingerprint density at radius 3 is 2.02 bits per heavy atom. The predicted molar refractivity (Wildman–Crippen MR) is 214 cm³/mol. The summed E-state index contributed by atoms with van der Waals surface area (Å²) >= 11 is 6.46. The first kappa shape index (κ1) is 40.4. The van der Waals surface area contributed by atoms with E-state index in [4.69, 9.17) is 30.5 Å². The molecule has 1 unspecified atom stereocenters. The van der Waals surface area contributed by atoms with Crippen LogP contribution in [0, 0.1) is 17.5 Å². The second-order valence-electron chi connectivity index (χ2n) is 14.8. The van der Waals surface area contributed by atoms with Crippen molar-refractivity contribution in [3.05, 3.63) is 178 Å². The molecule has 2 aliphatic rings. The standard InChI is InChI=1S/C46H42ClF3N4O5/c47-36-19-10-18-34(22-36)25-53-41(55)20-11-21-46(53)45(58-29-33-16-8-3-9-17-33)43(54-26-39(51-52-54)35-23-37(48)42(50)38(49)24-35)44(57-28-32-14-6-2-7-15-32)40(59-46)30-56-27-31-12-4-1-5-13-31/h1-10,12-19,22-24,26,40,43-45H,11,20-21,25,27-30H2/t40-,43+,44+,45-,46?/m1/s1. The number of carbonyl (C=O) groups excluding carboxylic acids is 1. The molecule has 59 heavy (non-hydrogen) atoms. The number of piperidine rings is 1. The largest absolute Gasteiger partial charge is 0.374 e. The first-order valence-electron chi connectivity index (χ1n) is 19.5. The zero-order valence-electron chi connectivity index (χ0n) is 32.0. The maximum absolute atomic E-state index is 14.6. The lowest BCUT2D eigenvalue weighted by Crippen LogP contribution is -2.72. The first-order valence-corrected chi connectivity index (χ1v) is 19.9. The summed E-state index contributed by atoms with van der Waals surface area (Å²) < 4.78 is 72.4. The summed E-state index contributed by atoms with van der Waals surface area (Å²) in [5, 5.41) is 9.39. The van der Waals surface area contributed by atoms with Gasteiger partial charge >= 0.3 is 0 Å². The summed E-state index contributed by atoms with van der Waals surface area (Å²) in [6.07, 6.45) is 0.0530. The molecule has 3 heterocycles. The van der Waals surface area contributed by atoms with Crippen LogP contribution >= 0.6 is 11.6 Å². The Bertz CT molecular complexity index is 2320. The van der Waals surface area contributed by atoms with E-state index < -0.39 is 47.5 Å². The predicted octanol–water partition coefficient (Wildman–Crippen LogP) is 9.25. The van der Waals surface area contributed by atoms with E-state index >= 15 is 0 Å². The number of rotatable bonds is 14. The number of hydrogen-bond acceptors (Lipinski definition) is 7. The van der Waals surface area contributed by atoms with Crippen molar-refractivity contribution in [2.24, 2.45) is 0 Å². The monoisotopic (exact) mass is 822 g/mol. The molecule has 1 aromatic heterocycles. The molecule has 0 saturated carbocycles. The minimum atomic E-state index is -1.59. The van der Waals surface area contributed by atoms with Crippen LogP contribution in [0.4, 0.5) is 13.2 Å². The second kappa shape index (κ2) is 18.3. The number of ether oxygens (including phenoxy) is 4. The van der Waals surface area contributed by atoms with Gasteiger partial charge in [0.1, 0.15) is 30.0 Å². The third-order valence-electron chi connectivity index (χ3n) is 10.8. The van der Waals surface area contributed by atoms with Crippen LogP contribution in [-0.4, -0.2) is 56.4 Å². The summed E-state index contributed by atoms with van der Waals surface area (Å²) in [7, 11) is 0. The van der Waals surface area contributed by atoms with E-state index in [-0.39, 0.29) is 56.6 Å². The number of carbonyl (C=O) groups is 1. The average molecular weight is 823 g/mol. The molecule has 2 fully saturated rings. The van der Waals surface area contributed by atoms with Gasteiger partial charge in [0.15, 0.2) is 23.2 Å². The molecule has 13 heteroatoms. The van der Waals surface area contributed by atoms with Crippen LogP contribution in [0.25, 0.3) is 11.3 Å². The maximum Gasteiger partial charge on any atom is 0.225 e. The van der Waals surface area contributed by atoms with E-state index in [9.17, 15) is 18.0 Å². The molecule has 5 aromatic carbocycles. The number of nitrogens with zero attached hydrogens (tertiary/aromatic N) is 4. The van der Waals surface area contributed by atoms with Gasteiger partial charge in [0.2, 0.25) is 5.91 Å². The van der Waals surface area contributed by atoms with E-state index in [1.54, 1.807) is 15.6 Å². The number of amides is 1. The lowest BCUT2D eigenvalue weighted by molar-refractivity contribution is -0.328. The van der Waals surface area contributed by atoms with Crippen LogP contribution in [0.2, 0.25) is 5.02 Å². The summed E-state index contributed by atoms with van der Waals surface area (Å²) in [5.74, 6) is -4.45. The topological polar surface area (TPSA) is 87.9 Å². The molecule has 9 nitrogen and oxygen atoms in total. The number of hydrogen-bond donors (Lipinski definition) is 0. The molecule has 8 rings (SSSR count). The van der Waals surface area contributed by atoms with Crippen LogP contribution in [0.1, 0.15) is 47.6 Å². The van der Waals surface area contributed by atoms with Crippen molar-refractivity contribution >= 4 is 17.5 Å². The Labute approximate surface area is 345 Å². The molecule has 5 atom stereocenters. The van der Waals surface area contributed by atoms with Gasteiger partial charge in [-0.2, -0.15) is 0 Å². The first-order chi connectivity index (χ1) is 28.8. The molecule has 0 aliphatic carbocycles. The minimum absolute atomic E-state index is 0.0175. The quantitative estimate of drug-likeness (QED) is 0.101. The average Bonchev–Trinajstić information content (AvgIpc) is 3.74. The number of aromatic nitrogens is 3. The Morgan fingerprint density at radius 1 is 0.763 bits per heavy atom. The smallest absolute Gasteiger partial charge is 0.225 e. The normalized spacial score (nSPS) is 21.9. The van der Waals surface area contributed by atoms with Gasteiger partial charge in [0.05, 0.1) is 32.6 Å². The van der Waals surface area contributed by atoms with Crippen molar-refractivity contribution in [2.45, 2.75) is 75.7 Å². The van der Waals surface area contributed by atoms with Crippen molar-refractivity contribution in [1.29, 1.82) is 0 Å². The molecule has 0 N–H and O–H groups in total. The zero-order chi connectivity index (χ0) is 40.8. The van der Waals surface area contributed by atoms with Crippen LogP contribution in [0.15, 0.2) is 134 Å². The zero-order valence-corrected chi connectivity index (χ0v) is 32.8. The summed E-state index contributed by atoms with van der Waals surface area (Å²) in [5.41, 5.74) is 2.16. The SMILES string of the molecule is O=C1CCCC2(O[C@H](COCc3ccccc3)[C@H](OCc3ccccc3)[C@H](n3cc(-c4cc(F)c(F)c(F)c4)nn3)[C@H]2OCc2ccccc2)N1Cc1cccc(Cl)c1. The van der Waals surface area contributed by atoms with Gasteiger partial charge in [-0.15, -0.1) is 5.10 Å². The molecular weight excluding hydrogens is 781 g/mol. The van der Waals surface area contributed by atoms with Crippen molar-refractivity contribution < 1.29 is 36.9 Å². The highest BCUT2D eigenvalue weighted by atomic mass is 35.5. The second-order valence-corrected chi connectivity index (χ2v) is 15.2. The number of likely N-dealkylation sites (tertiary alicyclic amines) is 1. The molecule has 304 valence electrons. The van der Waals surface area contributed by atoms with Gasteiger partial charge in [0, 0.05) is 23.6 Å². The van der Waals surface area contributed by atoms with Gasteiger partial charge < -0.3 is 23.8 Å². The van der Waals surface area contributed by atoms with Crippen LogP contribution < -0.4 is 0 Å². The van der Waals surface area contributed by atoms with E-state index in [0.717, 1.165) is 34.4 Å². The van der Waals surface area contributed by atoms with E-state index in [0.29, 0.717) is 17.9 Å². The molecule has 0 radical (unpaired) electrons. The van der Waals surface area contributed by atoms with Gasteiger partial charge in [-0.3, -0.25) is 4.79 Å². The fourth-order valence-corrected chi connectivity index (χ4v) is 8.21. The van der Waals surface area contributed by atoms with E-state index in [1.807, 2.05) is 109 Å². The fourth-order valence-electron chi connectivity index (χ4n) is 7.99. The Hall–Kier alpha value is -5.37. The molecule has 6 aromatic rings. The van der Waals surface area contributed by atoms with Crippen molar-refractivity contribution in [1.82, 2.24) is 19.9 Å². The molecule has 0 bridgehead atoms. The number of halogens is 4. The molecule has 1 amide bonds. The molecule has 2 saturated heterocycles. The molecule has 2 aliphatic heterocycles.